The lowest BCUT2D eigenvalue weighted by Gasteiger charge is -2.05. The molecule has 6 heteroatoms. The number of aliphatic carboxylic acids is 1. The van der Waals surface area contributed by atoms with Crippen molar-refractivity contribution in [3.05, 3.63) is 21.4 Å². The van der Waals surface area contributed by atoms with Gasteiger partial charge in [-0.25, -0.2) is 0 Å². The number of rotatable bonds is 3. The Kier molecular flexibility index (Phi) is 3.66. The summed E-state index contributed by atoms with van der Waals surface area (Å²) in [7, 11) is 0. The highest BCUT2D eigenvalue weighted by molar-refractivity contribution is 6.32. The van der Waals surface area contributed by atoms with E-state index in [4.69, 9.17) is 28.3 Å². The Morgan fingerprint density at radius 1 is 1.36 bits per heavy atom. The second kappa shape index (κ2) is 4.57. The van der Waals surface area contributed by atoms with Gasteiger partial charge in [0, 0.05) is 6.42 Å². The molecule has 76 valence electrons. The SMILES string of the molecule is Cc1c(Cl)nnc(Cl)c1CCC(=O)O. The fraction of sp³-hybridized carbons (Fsp3) is 0.375. The number of carboxylic acids is 1. The van der Waals surface area contributed by atoms with Gasteiger partial charge in [0.2, 0.25) is 0 Å². The molecule has 0 radical (unpaired) electrons. The molecule has 1 aromatic rings. The number of carboxylic acid groups (broad SMARTS) is 1. The molecule has 0 saturated carbocycles. The molecule has 0 fully saturated rings. The molecular weight excluding hydrogens is 227 g/mol. The van der Waals surface area contributed by atoms with Crippen LogP contribution in [0.3, 0.4) is 0 Å². The third-order valence-corrected chi connectivity index (χ3v) is 2.49. The van der Waals surface area contributed by atoms with Gasteiger partial charge in [0.25, 0.3) is 0 Å². The first-order chi connectivity index (χ1) is 6.52. The summed E-state index contributed by atoms with van der Waals surface area (Å²) in [6, 6.07) is 0. The Bertz CT molecular complexity index is 369. The lowest BCUT2D eigenvalue weighted by molar-refractivity contribution is -0.136. The lowest BCUT2D eigenvalue weighted by Crippen LogP contribution is -2.02. The van der Waals surface area contributed by atoms with Crippen molar-refractivity contribution in [2.24, 2.45) is 0 Å². The third-order valence-electron chi connectivity index (χ3n) is 1.83. The maximum absolute atomic E-state index is 10.4. The van der Waals surface area contributed by atoms with E-state index in [1.165, 1.54) is 0 Å². The normalized spacial score (nSPS) is 10.2. The molecule has 14 heavy (non-hydrogen) atoms. The molecule has 1 rings (SSSR count). The van der Waals surface area contributed by atoms with E-state index >= 15 is 0 Å². The zero-order chi connectivity index (χ0) is 10.7. The van der Waals surface area contributed by atoms with Crippen LogP contribution >= 0.6 is 23.2 Å². The standard InChI is InChI=1S/C8H8Cl2N2O2/c1-4-5(2-3-6(13)14)8(10)12-11-7(4)9/h2-3H2,1H3,(H,13,14). The van der Waals surface area contributed by atoms with Crippen LogP contribution in [0.1, 0.15) is 17.5 Å². The third kappa shape index (κ3) is 2.56. The largest absolute Gasteiger partial charge is 0.481 e. The Labute approximate surface area is 90.9 Å². The van der Waals surface area contributed by atoms with Gasteiger partial charge in [-0.1, -0.05) is 23.2 Å². The molecule has 0 aromatic carbocycles. The summed E-state index contributed by atoms with van der Waals surface area (Å²) in [6.45, 7) is 1.74. The summed E-state index contributed by atoms with van der Waals surface area (Å²) >= 11 is 11.5. The summed E-state index contributed by atoms with van der Waals surface area (Å²) in [5.41, 5.74) is 1.34. The van der Waals surface area contributed by atoms with E-state index in [9.17, 15) is 4.79 Å². The minimum absolute atomic E-state index is 0.00256. The minimum atomic E-state index is -0.881. The quantitative estimate of drug-likeness (QED) is 0.871. The maximum Gasteiger partial charge on any atom is 0.303 e. The average Bonchev–Trinajstić information content (AvgIpc) is 2.11. The van der Waals surface area contributed by atoms with Crippen molar-refractivity contribution < 1.29 is 9.90 Å². The Hall–Kier alpha value is -0.870. The molecule has 0 bridgehead atoms. The fourth-order valence-electron chi connectivity index (χ4n) is 1.02. The highest BCUT2D eigenvalue weighted by Gasteiger charge is 2.11. The highest BCUT2D eigenvalue weighted by Crippen LogP contribution is 2.22. The van der Waals surface area contributed by atoms with Crippen LogP contribution in [0.5, 0.6) is 0 Å². The van der Waals surface area contributed by atoms with Crippen molar-refractivity contribution >= 4 is 29.2 Å². The summed E-state index contributed by atoms with van der Waals surface area (Å²) in [5, 5.41) is 16.2. The first kappa shape index (κ1) is 11.2. The van der Waals surface area contributed by atoms with Gasteiger partial charge in [-0.15, -0.1) is 10.2 Å². The summed E-state index contributed by atoms with van der Waals surface area (Å²) in [6.07, 6.45) is 0.317. The predicted octanol–water partition coefficient (Wildman–Crippen LogP) is 2.11. The van der Waals surface area contributed by atoms with Gasteiger partial charge in [-0.3, -0.25) is 4.79 Å². The van der Waals surface area contributed by atoms with Crippen molar-refractivity contribution in [3.63, 3.8) is 0 Å². The number of hydrogen-bond acceptors (Lipinski definition) is 3. The van der Waals surface area contributed by atoms with Crippen LogP contribution in [-0.4, -0.2) is 21.3 Å². The first-order valence-corrected chi connectivity index (χ1v) is 4.67. The van der Waals surface area contributed by atoms with Crippen molar-refractivity contribution in [2.75, 3.05) is 0 Å². The molecule has 0 atom stereocenters. The van der Waals surface area contributed by atoms with E-state index < -0.39 is 5.97 Å². The van der Waals surface area contributed by atoms with Crippen LogP contribution in [0.2, 0.25) is 10.3 Å². The van der Waals surface area contributed by atoms with E-state index in [-0.39, 0.29) is 16.7 Å². The molecule has 0 amide bonds. The van der Waals surface area contributed by atoms with Crippen LogP contribution in [0.15, 0.2) is 0 Å². The molecule has 0 aliphatic heterocycles. The maximum atomic E-state index is 10.4. The number of hydrogen-bond donors (Lipinski definition) is 1. The summed E-state index contributed by atoms with van der Waals surface area (Å²) in [4.78, 5) is 10.4. The molecule has 4 nitrogen and oxygen atoms in total. The molecule has 1 heterocycles. The smallest absolute Gasteiger partial charge is 0.303 e. The second-order valence-electron chi connectivity index (χ2n) is 2.78. The Morgan fingerprint density at radius 3 is 2.50 bits per heavy atom. The van der Waals surface area contributed by atoms with Gasteiger partial charge in [0.05, 0.1) is 0 Å². The molecule has 0 saturated heterocycles. The van der Waals surface area contributed by atoms with Gasteiger partial charge in [-0.2, -0.15) is 0 Å². The number of carbonyl (C=O) groups is 1. The van der Waals surface area contributed by atoms with Crippen LogP contribution in [0.4, 0.5) is 0 Å². The zero-order valence-electron chi connectivity index (χ0n) is 7.42. The Balaban J connectivity index is 2.95. The molecule has 0 unspecified atom stereocenters. The van der Waals surface area contributed by atoms with Crippen molar-refractivity contribution in [1.82, 2.24) is 10.2 Å². The highest BCUT2D eigenvalue weighted by atomic mass is 35.5. The topological polar surface area (TPSA) is 63.1 Å². The van der Waals surface area contributed by atoms with E-state index in [2.05, 4.69) is 10.2 Å². The van der Waals surface area contributed by atoms with E-state index in [0.717, 1.165) is 0 Å². The van der Waals surface area contributed by atoms with Crippen molar-refractivity contribution in [1.29, 1.82) is 0 Å². The molecule has 1 aromatic heterocycles. The van der Waals surface area contributed by atoms with E-state index in [0.29, 0.717) is 17.5 Å². The zero-order valence-corrected chi connectivity index (χ0v) is 8.93. The number of halogens is 2. The lowest BCUT2D eigenvalue weighted by atomic mass is 10.1. The second-order valence-corrected chi connectivity index (χ2v) is 3.49. The van der Waals surface area contributed by atoms with Gasteiger partial charge in [-0.05, 0) is 24.5 Å². The van der Waals surface area contributed by atoms with Crippen LogP contribution in [0, 0.1) is 6.92 Å². The number of aromatic nitrogens is 2. The first-order valence-electron chi connectivity index (χ1n) is 3.91. The van der Waals surface area contributed by atoms with Gasteiger partial charge >= 0.3 is 5.97 Å². The fourth-order valence-corrected chi connectivity index (χ4v) is 1.45. The van der Waals surface area contributed by atoms with E-state index in [1.807, 2.05) is 0 Å². The predicted molar refractivity (Wildman–Crippen MR) is 52.7 cm³/mol. The van der Waals surface area contributed by atoms with Crippen molar-refractivity contribution in [3.8, 4) is 0 Å². The molecular formula is C8H8Cl2N2O2. The van der Waals surface area contributed by atoms with Crippen molar-refractivity contribution in [2.45, 2.75) is 19.8 Å². The van der Waals surface area contributed by atoms with Gasteiger partial charge in [0.15, 0.2) is 10.3 Å². The monoisotopic (exact) mass is 234 g/mol. The van der Waals surface area contributed by atoms with Crippen LogP contribution in [-0.2, 0) is 11.2 Å². The molecule has 0 aliphatic rings. The van der Waals surface area contributed by atoms with E-state index in [1.54, 1.807) is 6.92 Å². The van der Waals surface area contributed by atoms with Crippen LogP contribution < -0.4 is 0 Å². The minimum Gasteiger partial charge on any atom is -0.481 e. The Morgan fingerprint density at radius 2 is 1.93 bits per heavy atom. The summed E-state index contributed by atoms with van der Waals surface area (Å²) in [5.74, 6) is -0.881. The molecule has 0 spiro atoms. The molecule has 0 aliphatic carbocycles. The van der Waals surface area contributed by atoms with Crippen LogP contribution in [0.25, 0.3) is 0 Å². The molecule has 1 N–H and O–H groups in total. The van der Waals surface area contributed by atoms with Gasteiger partial charge < -0.3 is 5.11 Å². The summed E-state index contributed by atoms with van der Waals surface area (Å²) < 4.78 is 0. The number of nitrogens with zero attached hydrogens (tertiary/aromatic N) is 2. The average molecular weight is 235 g/mol. The van der Waals surface area contributed by atoms with Gasteiger partial charge in [0.1, 0.15) is 0 Å².